The van der Waals surface area contributed by atoms with Gasteiger partial charge in [0.1, 0.15) is 5.78 Å². The highest BCUT2D eigenvalue weighted by atomic mass is 16.2. The van der Waals surface area contributed by atoms with Gasteiger partial charge in [-0.15, -0.1) is 0 Å². The van der Waals surface area contributed by atoms with Crippen LogP contribution in [0.15, 0.2) is 0 Å². The van der Waals surface area contributed by atoms with Crippen LogP contribution in [0.5, 0.6) is 0 Å². The molecule has 0 saturated carbocycles. The standard InChI is InChI=1S/C13H24N2O2/c1-4-10(3)14-13(17)9-15-7-6-12(16)11(5-2)8-15/h10-11H,4-9H2,1-3H3,(H,14,17). The lowest BCUT2D eigenvalue weighted by Gasteiger charge is -2.30. The number of rotatable bonds is 5. The van der Waals surface area contributed by atoms with Crippen LogP contribution in [0.2, 0.25) is 0 Å². The summed E-state index contributed by atoms with van der Waals surface area (Å²) in [7, 11) is 0. The molecule has 0 aromatic heterocycles. The van der Waals surface area contributed by atoms with Crippen LogP contribution in [0.3, 0.4) is 0 Å². The molecule has 4 heteroatoms. The minimum Gasteiger partial charge on any atom is -0.353 e. The Morgan fingerprint density at radius 2 is 2.24 bits per heavy atom. The number of nitrogens with zero attached hydrogens (tertiary/aromatic N) is 1. The summed E-state index contributed by atoms with van der Waals surface area (Å²) >= 11 is 0. The molecule has 0 radical (unpaired) electrons. The monoisotopic (exact) mass is 240 g/mol. The van der Waals surface area contributed by atoms with Crippen molar-refractivity contribution < 1.29 is 9.59 Å². The average Bonchev–Trinajstić information content (AvgIpc) is 2.31. The fourth-order valence-corrected chi connectivity index (χ4v) is 2.10. The topological polar surface area (TPSA) is 49.4 Å². The minimum absolute atomic E-state index is 0.0727. The van der Waals surface area contributed by atoms with Crippen molar-refractivity contribution in [1.82, 2.24) is 10.2 Å². The van der Waals surface area contributed by atoms with E-state index < -0.39 is 0 Å². The van der Waals surface area contributed by atoms with Gasteiger partial charge in [0.15, 0.2) is 0 Å². The number of amides is 1. The second-order valence-corrected chi connectivity index (χ2v) is 4.93. The van der Waals surface area contributed by atoms with Gasteiger partial charge < -0.3 is 5.32 Å². The molecule has 1 N–H and O–H groups in total. The molecule has 2 unspecified atom stereocenters. The summed E-state index contributed by atoms with van der Waals surface area (Å²) in [5.41, 5.74) is 0. The predicted octanol–water partition coefficient (Wildman–Crippen LogP) is 1.20. The molecule has 4 nitrogen and oxygen atoms in total. The molecule has 0 aromatic rings. The van der Waals surface area contributed by atoms with Gasteiger partial charge in [0.05, 0.1) is 6.54 Å². The lowest BCUT2D eigenvalue weighted by Crippen LogP contribution is -2.46. The third-order valence-electron chi connectivity index (χ3n) is 3.49. The van der Waals surface area contributed by atoms with Gasteiger partial charge in [0.2, 0.25) is 5.91 Å². The maximum Gasteiger partial charge on any atom is 0.234 e. The van der Waals surface area contributed by atoms with Gasteiger partial charge in [-0.3, -0.25) is 14.5 Å². The van der Waals surface area contributed by atoms with Gasteiger partial charge >= 0.3 is 0 Å². The van der Waals surface area contributed by atoms with Crippen molar-refractivity contribution in [1.29, 1.82) is 0 Å². The van der Waals surface area contributed by atoms with Crippen LogP contribution in [0.1, 0.15) is 40.0 Å². The Labute approximate surface area is 104 Å². The van der Waals surface area contributed by atoms with Crippen molar-refractivity contribution in [2.75, 3.05) is 19.6 Å². The molecule has 1 aliphatic rings. The number of nitrogens with one attached hydrogen (secondary N) is 1. The summed E-state index contributed by atoms with van der Waals surface area (Å²) in [5.74, 6) is 0.551. The van der Waals surface area contributed by atoms with Gasteiger partial charge in [-0.25, -0.2) is 0 Å². The van der Waals surface area contributed by atoms with E-state index in [1.807, 2.05) is 13.8 Å². The number of carbonyl (C=O) groups excluding carboxylic acids is 2. The van der Waals surface area contributed by atoms with E-state index in [1.54, 1.807) is 0 Å². The maximum atomic E-state index is 11.7. The minimum atomic E-state index is 0.0727. The Morgan fingerprint density at radius 1 is 1.53 bits per heavy atom. The number of piperidine rings is 1. The Morgan fingerprint density at radius 3 is 2.82 bits per heavy atom. The Balaban J connectivity index is 2.37. The molecule has 0 bridgehead atoms. The Kier molecular flexibility index (Phi) is 5.62. The Bertz CT molecular complexity index is 279. The number of hydrogen-bond acceptors (Lipinski definition) is 3. The van der Waals surface area contributed by atoms with E-state index in [0.29, 0.717) is 18.7 Å². The highest BCUT2D eigenvalue weighted by Crippen LogP contribution is 2.15. The van der Waals surface area contributed by atoms with Crippen LogP contribution >= 0.6 is 0 Å². The fourth-order valence-electron chi connectivity index (χ4n) is 2.10. The first-order chi connectivity index (χ1) is 8.06. The number of likely N-dealkylation sites (tertiary alicyclic amines) is 1. The molecule has 1 saturated heterocycles. The summed E-state index contributed by atoms with van der Waals surface area (Å²) in [6.45, 7) is 7.98. The van der Waals surface area contributed by atoms with E-state index >= 15 is 0 Å². The number of carbonyl (C=O) groups is 2. The van der Waals surface area contributed by atoms with Crippen molar-refractivity contribution in [2.45, 2.75) is 46.1 Å². The summed E-state index contributed by atoms with van der Waals surface area (Å²) in [6.07, 6.45) is 2.42. The van der Waals surface area contributed by atoms with Crippen LogP contribution in [0.25, 0.3) is 0 Å². The zero-order chi connectivity index (χ0) is 12.8. The summed E-state index contributed by atoms with van der Waals surface area (Å²) in [4.78, 5) is 25.4. The fraction of sp³-hybridized carbons (Fsp3) is 0.846. The van der Waals surface area contributed by atoms with Crippen LogP contribution in [0.4, 0.5) is 0 Å². The average molecular weight is 240 g/mol. The highest BCUT2D eigenvalue weighted by Gasteiger charge is 2.26. The number of ketones is 1. The van der Waals surface area contributed by atoms with Crippen LogP contribution in [-0.2, 0) is 9.59 Å². The number of hydrogen-bond donors (Lipinski definition) is 1. The van der Waals surface area contributed by atoms with Gasteiger partial charge in [0, 0.05) is 31.5 Å². The molecule has 0 aromatic carbocycles. The molecular formula is C13H24N2O2. The first-order valence-electron chi connectivity index (χ1n) is 6.61. The zero-order valence-electron chi connectivity index (χ0n) is 11.2. The molecule has 1 fully saturated rings. The van der Waals surface area contributed by atoms with E-state index in [9.17, 15) is 9.59 Å². The molecule has 17 heavy (non-hydrogen) atoms. The van der Waals surface area contributed by atoms with E-state index in [-0.39, 0.29) is 17.9 Å². The lowest BCUT2D eigenvalue weighted by atomic mass is 9.94. The molecule has 2 atom stereocenters. The Hall–Kier alpha value is -0.900. The van der Waals surface area contributed by atoms with E-state index in [2.05, 4.69) is 17.1 Å². The molecule has 98 valence electrons. The molecule has 1 amide bonds. The van der Waals surface area contributed by atoms with Gasteiger partial charge in [-0.05, 0) is 19.8 Å². The summed E-state index contributed by atoms with van der Waals surface area (Å²) < 4.78 is 0. The molecular weight excluding hydrogens is 216 g/mol. The SMILES string of the molecule is CCC(C)NC(=O)CN1CCC(=O)C(CC)C1. The third-order valence-corrected chi connectivity index (χ3v) is 3.49. The molecule has 1 rings (SSSR count). The van der Waals surface area contributed by atoms with Gasteiger partial charge in [-0.2, -0.15) is 0 Å². The third kappa shape index (κ3) is 4.46. The van der Waals surface area contributed by atoms with E-state index in [4.69, 9.17) is 0 Å². The normalized spacial score (nSPS) is 23.5. The molecule has 1 aliphatic heterocycles. The van der Waals surface area contributed by atoms with Crippen molar-refractivity contribution in [3.8, 4) is 0 Å². The first kappa shape index (κ1) is 14.2. The van der Waals surface area contributed by atoms with Gasteiger partial charge in [0.25, 0.3) is 0 Å². The quantitative estimate of drug-likeness (QED) is 0.785. The van der Waals surface area contributed by atoms with Gasteiger partial charge in [-0.1, -0.05) is 13.8 Å². The van der Waals surface area contributed by atoms with Crippen molar-refractivity contribution in [2.24, 2.45) is 5.92 Å². The number of Topliss-reactive ketones (excluding diaryl/α,β-unsaturated/α-hetero) is 1. The lowest BCUT2D eigenvalue weighted by molar-refractivity contribution is -0.129. The van der Waals surface area contributed by atoms with Crippen molar-refractivity contribution >= 4 is 11.7 Å². The molecule has 0 spiro atoms. The smallest absolute Gasteiger partial charge is 0.234 e. The molecule has 1 heterocycles. The van der Waals surface area contributed by atoms with Crippen molar-refractivity contribution in [3.05, 3.63) is 0 Å². The second kappa shape index (κ2) is 6.74. The summed E-state index contributed by atoms with van der Waals surface area (Å²) in [5, 5.41) is 2.96. The van der Waals surface area contributed by atoms with Crippen LogP contribution < -0.4 is 5.32 Å². The van der Waals surface area contributed by atoms with Crippen LogP contribution in [-0.4, -0.2) is 42.3 Å². The molecule has 0 aliphatic carbocycles. The first-order valence-corrected chi connectivity index (χ1v) is 6.61. The predicted molar refractivity (Wildman–Crippen MR) is 67.7 cm³/mol. The van der Waals surface area contributed by atoms with E-state index in [1.165, 1.54) is 0 Å². The second-order valence-electron chi connectivity index (χ2n) is 4.93. The van der Waals surface area contributed by atoms with Crippen LogP contribution in [0, 0.1) is 5.92 Å². The maximum absolute atomic E-state index is 11.7. The van der Waals surface area contributed by atoms with E-state index in [0.717, 1.165) is 25.9 Å². The van der Waals surface area contributed by atoms with Crippen molar-refractivity contribution in [3.63, 3.8) is 0 Å². The largest absolute Gasteiger partial charge is 0.353 e. The zero-order valence-corrected chi connectivity index (χ0v) is 11.2. The summed E-state index contributed by atoms with van der Waals surface area (Å²) in [6, 6.07) is 0.232. The highest BCUT2D eigenvalue weighted by molar-refractivity contribution is 5.83.